The van der Waals surface area contributed by atoms with Crippen molar-refractivity contribution in [2.45, 2.75) is 126 Å². The second kappa shape index (κ2) is 22.3. The van der Waals surface area contributed by atoms with E-state index >= 15 is 0 Å². The molecule has 0 radical (unpaired) electrons. The molecular formula is C44H74N6. The van der Waals surface area contributed by atoms with Gasteiger partial charge in [-0.2, -0.15) is 0 Å². The van der Waals surface area contributed by atoms with Crippen LogP contribution in [0.3, 0.4) is 0 Å². The molecule has 1 aromatic heterocycles. The van der Waals surface area contributed by atoms with Gasteiger partial charge in [0.1, 0.15) is 0 Å². The number of likely N-dealkylation sites (tertiary alicyclic amines) is 1. The zero-order chi connectivity index (χ0) is 36.5. The number of fused-ring (bicyclic) bond motifs is 1. The van der Waals surface area contributed by atoms with Crippen molar-refractivity contribution in [1.82, 2.24) is 19.7 Å². The summed E-state index contributed by atoms with van der Waals surface area (Å²) < 4.78 is 0. The Kier molecular flexibility index (Phi) is 18.6. The number of piperazine rings is 1. The number of pyridine rings is 1. The van der Waals surface area contributed by atoms with E-state index in [1.54, 1.807) is 0 Å². The van der Waals surface area contributed by atoms with E-state index in [1.807, 2.05) is 27.7 Å². The van der Waals surface area contributed by atoms with Gasteiger partial charge in [0, 0.05) is 69.5 Å². The zero-order valence-electron chi connectivity index (χ0n) is 34.0. The molecule has 0 aliphatic carbocycles. The molecule has 3 aliphatic rings. The van der Waals surface area contributed by atoms with E-state index in [4.69, 9.17) is 4.98 Å². The maximum atomic E-state index is 4.94. The number of hydrogen-bond donors (Lipinski definition) is 0. The van der Waals surface area contributed by atoms with Crippen LogP contribution in [-0.2, 0) is 6.42 Å². The average molecular weight is 687 g/mol. The first kappa shape index (κ1) is 41.7. The fourth-order valence-corrected chi connectivity index (χ4v) is 7.79. The first-order chi connectivity index (χ1) is 24.4. The summed E-state index contributed by atoms with van der Waals surface area (Å²) in [6.45, 7) is 30.0. The van der Waals surface area contributed by atoms with E-state index in [-0.39, 0.29) is 0 Å². The molecule has 0 spiro atoms. The molecule has 0 amide bonds. The SMILES string of the molecule is CC.CC.CCC.CCCCc1ccc(N(C)c2cnc3ccc(C)cc3c2N2CCC(N3CCN(C4CCN(CC)CC4)CC3)CC2)cc1. The number of unbranched alkanes of at least 4 members (excludes halogenated alkanes) is 1. The van der Waals surface area contributed by atoms with Crippen LogP contribution >= 0.6 is 0 Å². The van der Waals surface area contributed by atoms with Crippen molar-refractivity contribution in [3.8, 4) is 0 Å². The largest absolute Gasteiger partial charge is 0.369 e. The monoisotopic (exact) mass is 687 g/mol. The first-order valence-electron chi connectivity index (χ1n) is 20.6. The van der Waals surface area contributed by atoms with Gasteiger partial charge in [-0.05, 0) is 94.9 Å². The molecule has 0 bridgehead atoms. The zero-order valence-corrected chi connectivity index (χ0v) is 34.0. The maximum Gasteiger partial charge on any atom is 0.0839 e. The van der Waals surface area contributed by atoms with Crippen molar-refractivity contribution in [3.63, 3.8) is 0 Å². The smallest absolute Gasteiger partial charge is 0.0839 e. The van der Waals surface area contributed by atoms with Gasteiger partial charge >= 0.3 is 0 Å². The van der Waals surface area contributed by atoms with Crippen molar-refractivity contribution >= 4 is 28.0 Å². The molecule has 0 unspecified atom stereocenters. The van der Waals surface area contributed by atoms with Gasteiger partial charge in [0.2, 0.25) is 0 Å². The second-order valence-corrected chi connectivity index (χ2v) is 14.0. The quantitative estimate of drug-likeness (QED) is 0.223. The van der Waals surface area contributed by atoms with E-state index in [1.165, 1.54) is 124 Å². The third kappa shape index (κ3) is 11.2. The van der Waals surface area contributed by atoms with E-state index in [0.29, 0.717) is 6.04 Å². The molecule has 3 fully saturated rings. The summed E-state index contributed by atoms with van der Waals surface area (Å²) in [5.41, 5.74) is 7.60. The van der Waals surface area contributed by atoms with Crippen molar-refractivity contribution in [1.29, 1.82) is 0 Å². The van der Waals surface area contributed by atoms with Gasteiger partial charge in [0.05, 0.1) is 23.1 Å². The molecule has 0 N–H and O–H groups in total. The molecule has 50 heavy (non-hydrogen) atoms. The highest BCUT2D eigenvalue weighted by Gasteiger charge is 2.32. The normalized spacial score (nSPS) is 18.0. The van der Waals surface area contributed by atoms with Crippen molar-refractivity contribution < 1.29 is 0 Å². The van der Waals surface area contributed by atoms with Gasteiger partial charge in [-0.15, -0.1) is 0 Å². The lowest BCUT2D eigenvalue weighted by atomic mass is 9.98. The van der Waals surface area contributed by atoms with Gasteiger partial charge in [-0.25, -0.2) is 0 Å². The van der Waals surface area contributed by atoms with Gasteiger partial charge in [0.15, 0.2) is 0 Å². The number of aromatic nitrogens is 1. The lowest BCUT2D eigenvalue weighted by Gasteiger charge is -2.46. The van der Waals surface area contributed by atoms with E-state index in [0.717, 1.165) is 31.1 Å². The molecular weight excluding hydrogens is 613 g/mol. The fourth-order valence-electron chi connectivity index (χ4n) is 7.79. The Bertz CT molecular complexity index is 1330. The van der Waals surface area contributed by atoms with Gasteiger partial charge in [0.25, 0.3) is 0 Å². The van der Waals surface area contributed by atoms with Gasteiger partial charge in [-0.3, -0.25) is 14.8 Å². The van der Waals surface area contributed by atoms with Crippen molar-refractivity contribution in [3.05, 3.63) is 59.8 Å². The maximum absolute atomic E-state index is 4.94. The highest BCUT2D eigenvalue weighted by Crippen LogP contribution is 2.40. The molecule has 4 heterocycles. The predicted octanol–water partition coefficient (Wildman–Crippen LogP) is 10.2. The third-order valence-corrected chi connectivity index (χ3v) is 10.6. The Hall–Kier alpha value is -2.67. The van der Waals surface area contributed by atoms with Crippen LogP contribution < -0.4 is 9.80 Å². The molecule has 6 rings (SSSR count). The number of rotatable bonds is 9. The first-order valence-corrected chi connectivity index (χ1v) is 20.6. The van der Waals surface area contributed by atoms with Crippen LogP contribution in [-0.4, -0.2) is 97.7 Å². The Labute approximate surface area is 308 Å². The summed E-state index contributed by atoms with van der Waals surface area (Å²) in [5.74, 6) is 0. The minimum absolute atomic E-state index is 0.701. The van der Waals surface area contributed by atoms with Crippen LogP contribution in [0, 0.1) is 6.92 Å². The number of hydrogen-bond acceptors (Lipinski definition) is 6. The van der Waals surface area contributed by atoms with Crippen LogP contribution in [0.5, 0.6) is 0 Å². The molecule has 6 nitrogen and oxygen atoms in total. The second-order valence-electron chi connectivity index (χ2n) is 14.0. The van der Waals surface area contributed by atoms with Crippen LogP contribution in [0.1, 0.15) is 111 Å². The van der Waals surface area contributed by atoms with Crippen molar-refractivity contribution in [2.75, 3.05) is 75.8 Å². The van der Waals surface area contributed by atoms with Gasteiger partial charge in [-0.1, -0.05) is 92.0 Å². The van der Waals surface area contributed by atoms with Crippen LogP contribution in [0.2, 0.25) is 0 Å². The minimum Gasteiger partial charge on any atom is -0.369 e. The van der Waals surface area contributed by atoms with Crippen LogP contribution in [0.4, 0.5) is 17.1 Å². The Morgan fingerprint density at radius 3 is 1.78 bits per heavy atom. The molecule has 0 atom stereocenters. The molecule has 0 saturated carbocycles. The van der Waals surface area contributed by atoms with Crippen LogP contribution in [0.25, 0.3) is 10.9 Å². The van der Waals surface area contributed by atoms with E-state index in [9.17, 15) is 0 Å². The number of benzene rings is 2. The summed E-state index contributed by atoms with van der Waals surface area (Å²) in [6, 6.07) is 17.4. The Balaban J connectivity index is 0.000000902. The van der Waals surface area contributed by atoms with Gasteiger partial charge < -0.3 is 14.7 Å². The Morgan fingerprint density at radius 2 is 1.26 bits per heavy atom. The number of anilines is 3. The molecule has 280 valence electrons. The predicted molar refractivity (Wildman–Crippen MR) is 222 cm³/mol. The lowest BCUT2D eigenvalue weighted by Crippen LogP contribution is -2.56. The summed E-state index contributed by atoms with van der Waals surface area (Å²) >= 11 is 0. The topological polar surface area (TPSA) is 29.1 Å². The van der Waals surface area contributed by atoms with E-state index < -0.39 is 0 Å². The molecule has 3 aromatic rings. The minimum atomic E-state index is 0.701. The fraction of sp³-hybridized carbons (Fsp3) is 0.659. The summed E-state index contributed by atoms with van der Waals surface area (Å²) in [4.78, 5) is 18.2. The third-order valence-electron chi connectivity index (χ3n) is 10.6. The molecule has 6 heteroatoms. The molecule has 3 saturated heterocycles. The van der Waals surface area contributed by atoms with E-state index in [2.05, 4.69) is 115 Å². The highest BCUT2D eigenvalue weighted by molar-refractivity contribution is 5.99. The summed E-state index contributed by atoms with van der Waals surface area (Å²) in [5, 5.41) is 1.28. The number of piperidine rings is 2. The number of nitrogens with zero attached hydrogens (tertiary/aromatic N) is 6. The van der Waals surface area contributed by atoms with Crippen molar-refractivity contribution in [2.24, 2.45) is 0 Å². The molecule has 2 aromatic carbocycles. The Morgan fingerprint density at radius 1 is 0.720 bits per heavy atom. The number of aryl methyl sites for hydroxylation is 2. The van der Waals surface area contributed by atoms with Crippen LogP contribution in [0.15, 0.2) is 48.7 Å². The lowest BCUT2D eigenvalue weighted by molar-refractivity contribution is 0.0384. The standard InChI is InChI=1S/C37H54N6.C3H8.2C2H6/c1-5-7-8-30-10-12-31(13-11-30)39(4)36-28-38-35-14-9-29(3)27-34(35)37(36)43-21-17-33(18-22-43)42-25-23-41(24-26-42)32-15-19-40(6-2)20-16-32;1-3-2;2*1-2/h9-14,27-28,32-33H,5-8,15-26H2,1-4H3;3H2,1-2H3;2*1-2H3. The summed E-state index contributed by atoms with van der Waals surface area (Å²) in [6.07, 6.45) is 12.2. The molecule has 3 aliphatic heterocycles. The highest BCUT2D eigenvalue weighted by atomic mass is 15.3. The summed E-state index contributed by atoms with van der Waals surface area (Å²) in [7, 11) is 2.21. The average Bonchev–Trinajstić information content (AvgIpc) is 3.18.